The molecule has 1 aromatic heterocycles. The van der Waals surface area contributed by atoms with Gasteiger partial charge in [0.15, 0.2) is 0 Å². The lowest BCUT2D eigenvalue weighted by molar-refractivity contribution is 0.0697. The summed E-state index contributed by atoms with van der Waals surface area (Å²) in [4.78, 5) is 10.9. The molecule has 0 bridgehead atoms. The van der Waals surface area contributed by atoms with Crippen LogP contribution in [0.3, 0.4) is 0 Å². The predicted octanol–water partition coefficient (Wildman–Crippen LogP) is 4.70. The Morgan fingerprint density at radius 2 is 1.85 bits per heavy atom. The third-order valence-corrected chi connectivity index (χ3v) is 3.77. The van der Waals surface area contributed by atoms with Crippen molar-refractivity contribution < 1.29 is 9.90 Å². The van der Waals surface area contributed by atoms with E-state index in [2.05, 4.69) is 17.7 Å². The molecule has 0 aliphatic heterocycles. The summed E-state index contributed by atoms with van der Waals surface area (Å²) in [5, 5.41) is 10.00. The first-order valence-electron chi connectivity index (χ1n) is 7.54. The molecule has 0 unspecified atom stereocenters. The second-order valence-corrected chi connectivity index (χ2v) is 5.36. The number of aromatic carboxylic acids is 1. The fourth-order valence-corrected chi connectivity index (χ4v) is 2.59. The van der Waals surface area contributed by atoms with Crippen LogP contribution in [0.4, 0.5) is 0 Å². The van der Waals surface area contributed by atoms with E-state index in [9.17, 15) is 4.79 Å². The van der Waals surface area contributed by atoms with E-state index in [0.29, 0.717) is 5.56 Å². The number of hydrogen-bond donors (Lipinski definition) is 1. The molecular weight excluding hydrogens is 250 g/mol. The maximum Gasteiger partial charge on any atom is 0.335 e. The molecule has 0 spiro atoms. The molecule has 0 aliphatic carbocycles. The van der Waals surface area contributed by atoms with Crippen molar-refractivity contribution in [3.05, 3.63) is 36.0 Å². The number of nitrogens with zero attached hydrogens (tertiary/aromatic N) is 1. The van der Waals surface area contributed by atoms with Crippen molar-refractivity contribution in [3.8, 4) is 0 Å². The molecule has 0 radical (unpaired) electrons. The summed E-state index contributed by atoms with van der Waals surface area (Å²) >= 11 is 0. The summed E-state index contributed by atoms with van der Waals surface area (Å²) in [7, 11) is 0. The molecular formula is C17H23NO2. The minimum Gasteiger partial charge on any atom is -0.478 e. The third kappa shape index (κ3) is 3.62. The monoisotopic (exact) mass is 273 g/mol. The lowest BCUT2D eigenvalue weighted by atomic mass is 10.1. The third-order valence-electron chi connectivity index (χ3n) is 3.77. The number of hydrogen-bond acceptors (Lipinski definition) is 1. The number of benzene rings is 1. The standard InChI is InChI=1S/C17H23NO2/c1-2-3-4-5-6-7-11-18-12-10-14-13-15(17(19)20)8-9-16(14)18/h8-10,12-13H,2-7,11H2,1H3,(H,19,20). The Morgan fingerprint density at radius 1 is 1.10 bits per heavy atom. The summed E-state index contributed by atoms with van der Waals surface area (Å²) in [6, 6.07) is 7.34. The van der Waals surface area contributed by atoms with Crippen molar-refractivity contribution in [1.29, 1.82) is 0 Å². The fourth-order valence-electron chi connectivity index (χ4n) is 2.59. The van der Waals surface area contributed by atoms with Gasteiger partial charge < -0.3 is 9.67 Å². The number of fused-ring (bicyclic) bond motifs is 1. The van der Waals surface area contributed by atoms with Crippen LogP contribution in [0.5, 0.6) is 0 Å². The predicted molar refractivity (Wildman–Crippen MR) is 82.3 cm³/mol. The highest BCUT2D eigenvalue weighted by Gasteiger charge is 2.06. The number of carbonyl (C=O) groups is 1. The molecule has 1 aromatic carbocycles. The molecule has 0 atom stereocenters. The zero-order chi connectivity index (χ0) is 14.4. The van der Waals surface area contributed by atoms with Crippen LogP contribution in [0.15, 0.2) is 30.5 Å². The van der Waals surface area contributed by atoms with E-state index in [1.54, 1.807) is 12.1 Å². The summed E-state index contributed by atoms with van der Waals surface area (Å²) in [5.41, 5.74) is 1.48. The van der Waals surface area contributed by atoms with Gasteiger partial charge in [-0.2, -0.15) is 0 Å². The van der Waals surface area contributed by atoms with E-state index in [4.69, 9.17) is 5.11 Å². The van der Waals surface area contributed by atoms with E-state index in [1.165, 1.54) is 38.5 Å². The Hall–Kier alpha value is -1.77. The van der Waals surface area contributed by atoms with E-state index in [-0.39, 0.29) is 0 Å². The highest BCUT2D eigenvalue weighted by Crippen LogP contribution is 2.19. The number of aromatic nitrogens is 1. The first-order valence-corrected chi connectivity index (χ1v) is 7.54. The van der Waals surface area contributed by atoms with Gasteiger partial charge >= 0.3 is 5.97 Å². The molecule has 108 valence electrons. The number of carboxylic acids is 1. The van der Waals surface area contributed by atoms with Crippen molar-refractivity contribution in [3.63, 3.8) is 0 Å². The van der Waals surface area contributed by atoms with Crippen LogP contribution < -0.4 is 0 Å². The van der Waals surface area contributed by atoms with Gasteiger partial charge in [-0.25, -0.2) is 4.79 Å². The van der Waals surface area contributed by atoms with Gasteiger partial charge in [0.25, 0.3) is 0 Å². The van der Waals surface area contributed by atoms with Crippen molar-refractivity contribution in [2.24, 2.45) is 0 Å². The van der Waals surface area contributed by atoms with E-state index < -0.39 is 5.97 Å². The Balaban J connectivity index is 1.92. The van der Waals surface area contributed by atoms with Crippen molar-refractivity contribution in [1.82, 2.24) is 4.57 Å². The normalized spacial score (nSPS) is 11.1. The van der Waals surface area contributed by atoms with Gasteiger partial charge in [0.2, 0.25) is 0 Å². The van der Waals surface area contributed by atoms with Crippen LogP contribution in [0.25, 0.3) is 10.9 Å². The molecule has 1 N–H and O–H groups in total. The summed E-state index contributed by atoms with van der Waals surface area (Å²) in [6.45, 7) is 3.25. The lowest BCUT2D eigenvalue weighted by Crippen LogP contribution is -1.98. The average molecular weight is 273 g/mol. The van der Waals surface area contributed by atoms with Gasteiger partial charge in [0.05, 0.1) is 5.56 Å². The van der Waals surface area contributed by atoms with Gasteiger partial charge in [0, 0.05) is 23.6 Å². The first kappa shape index (κ1) is 14.6. The maximum absolute atomic E-state index is 10.9. The van der Waals surface area contributed by atoms with E-state index in [1.807, 2.05) is 12.1 Å². The molecule has 0 fully saturated rings. The highest BCUT2D eigenvalue weighted by atomic mass is 16.4. The molecule has 20 heavy (non-hydrogen) atoms. The van der Waals surface area contributed by atoms with Gasteiger partial charge in [-0.3, -0.25) is 0 Å². The summed E-state index contributed by atoms with van der Waals surface area (Å²) in [6.07, 6.45) is 9.79. The lowest BCUT2D eigenvalue weighted by Gasteiger charge is -2.06. The van der Waals surface area contributed by atoms with E-state index >= 15 is 0 Å². The molecule has 2 aromatic rings. The van der Waals surface area contributed by atoms with Gasteiger partial charge in [0.1, 0.15) is 0 Å². The molecule has 0 aliphatic rings. The zero-order valence-electron chi connectivity index (χ0n) is 12.1. The first-order chi connectivity index (χ1) is 9.72. The minimum absolute atomic E-state index is 0.356. The second-order valence-electron chi connectivity index (χ2n) is 5.36. The van der Waals surface area contributed by atoms with Gasteiger partial charge in [-0.15, -0.1) is 0 Å². The van der Waals surface area contributed by atoms with Crippen LogP contribution in [0, 0.1) is 0 Å². The molecule has 2 rings (SSSR count). The van der Waals surface area contributed by atoms with Crippen LogP contribution in [0.2, 0.25) is 0 Å². The van der Waals surface area contributed by atoms with Crippen LogP contribution in [-0.2, 0) is 6.54 Å². The maximum atomic E-state index is 10.9. The number of carboxylic acid groups (broad SMARTS) is 1. The summed E-state index contributed by atoms with van der Waals surface area (Å²) < 4.78 is 2.22. The number of aryl methyl sites for hydroxylation is 1. The van der Waals surface area contributed by atoms with E-state index in [0.717, 1.165) is 17.4 Å². The van der Waals surface area contributed by atoms with Crippen LogP contribution in [-0.4, -0.2) is 15.6 Å². The fraction of sp³-hybridized carbons (Fsp3) is 0.471. The molecule has 3 nitrogen and oxygen atoms in total. The molecule has 0 saturated carbocycles. The Labute approximate surface area is 120 Å². The van der Waals surface area contributed by atoms with Gasteiger partial charge in [-0.05, 0) is 30.7 Å². The van der Waals surface area contributed by atoms with Crippen LogP contribution in [0.1, 0.15) is 55.8 Å². The largest absolute Gasteiger partial charge is 0.478 e. The zero-order valence-corrected chi connectivity index (χ0v) is 12.1. The molecule has 1 heterocycles. The Kier molecular flexibility index (Phi) is 5.22. The highest BCUT2D eigenvalue weighted by molar-refractivity contribution is 5.93. The molecule has 0 amide bonds. The van der Waals surface area contributed by atoms with Gasteiger partial charge in [-0.1, -0.05) is 39.0 Å². The Bertz CT molecular complexity index is 571. The van der Waals surface area contributed by atoms with Crippen LogP contribution >= 0.6 is 0 Å². The second kappa shape index (κ2) is 7.13. The quantitative estimate of drug-likeness (QED) is 0.708. The topological polar surface area (TPSA) is 42.2 Å². The summed E-state index contributed by atoms with van der Waals surface area (Å²) in [5.74, 6) is -0.865. The van der Waals surface area contributed by atoms with Crippen molar-refractivity contribution in [2.75, 3.05) is 0 Å². The molecule has 0 saturated heterocycles. The smallest absolute Gasteiger partial charge is 0.335 e. The van der Waals surface area contributed by atoms with Crippen molar-refractivity contribution >= 4 is 16.9 Å². The average Bonchev–Trinajstić information content (AvgIpc) is 2.85. The van der Waals surface area contributed by atoms with Crippen molar-refractivity contribution in [2.45, 2.75) is 52.0 Å². The molecule has 3 heteroatoms. The minimum atomic E-state index is -0.865. The Morgan fingerprint density at radius 3 is 2.60 bits per heavy atom. The number of unbranched alkanes of at least 4 members (excludes halogenated alkanes) is 5. The SMILES string of the molecule is CCCCCCCCn1ccc2cc(C(=O)O)ccc21. The number of rotatable bonds is 8.